The van der Waals surface area contributed by atoms with Crippen LogP contribution in [0.2, 0.25) is 18.1 Å². The van der Waals surface area contributed by atoms with Gasteiger partial charge in [-0.15, -0.1) is 0 Å². The third-order valence-corrected chi connectivity index (χ3v) is 8.06. The van der Waals surface area contributed by atoms with Gasteiger partial charge in [-0.2, -0.15) is 4.99 Å². The largest absolute Gasteiger partial charge is 0.403 e. The Balaban J connectivity index is 4.96. The van der Waals surface area contributed by atoms with E-state index in [9.17, 15) is 9.18 Å². The lowest BCUT2D eigenvalue weighted by atomic mass is 10.2. The van der Waals surface area contributed by atoms with Crippen LogP contribution < -0.4 is 0 Å². The van der Waals surface area contributed by atoms with Gasteiger partial charge < -0.3 is 9.33 Å². The van der Waals surface area contributed by atoms with Gasteiger partial charge in [0.05, 0.1) is 0 Å². The van der Waals surface area contributed by atoms with Crippen molar-refractivity contribution < 1.29 is 13.6 Å². The molecular formula is C13H27FN2O2Si. The molecule has 0 heterocycles. The fraction of sp³-hybridized carbons (Fsp3) is 0.846. The number of carbonyl (C=O) groups is 1. The predicted molar refractivity (Wildman–Crippen MR) is 79.8 cm³/mol. The summed E-state index contributed by atoms with van der Waals surface area (Å²) in [4.78, 5) is 17.5. The summed E-state index contributed by atoms with van der Waals surface area (Å²) in [5.74, 6) is 0.000747. The molecule has 0 aliphatic rings. The minimum absolute atomic E-state index is 0.0684. The number of alkyl halides is 1. The third-order valence-electron chi connectivity index (χ3n) is 3.58. The van der Waals surface area contributed by atoms with Gasteiger partial charge in [0.15, 0.2) is 14.4 Å². The van der Waals surface area contributed by atoms with Crippen molar-refractivity contribution in [1.29, 1.82) is 0 Å². The number of nitrogens with zero attached hydrogens (tertiary/aromatic N) is 2. The average molecular weight is 290 g/mol. The highest BCUT2D eigenvalue weighted by Crippen LogP contribution is 2.37. The number of carbonyl (C=O) groups excluding carboxylic acids is 1. The normalized spacial score (nSPS) is 15.3. The van der Waals surface area contributed by atoms with E-state index in [-0.39, 0.29) is 5.04 Å². The molecule has 0 fully saturated rings. The summed E-state index contributed by atoms with van der Waals surface area (Å²) in [5, 5.41) is -0.0684. The van der Waals surface area contributed by atoms with Crippen LogP contribution in [0.15, 0.2) is 4.99 Å². The Morgan fingerprint density at radius 1 is 1.37 bits per heavy atom. The molecule has 4 nitrogen and oxygen atoms in total. The molecule has 0 aliphatic carbocycles. The number of halogens is 1. The average Bonchev–Trinajstić information content (AvgIpc) is 2.23. The van der Waals surface area contributed by atoms with Crippen molar-refractivity contribution in [1.82, 2.24) is 4.90 Å². The van der Waals surface area contributed by atoms with Gasteiger partial charge in [-0.25, -0.2) is 4.39 Å². The zero-order valence-electron chi connectivity index (χ0n) is 13.4. The molecule has 0 aromatic rings. The van der Waals surface area contributed by atoms with E-state index in [4.69, 9.17) is 4.43 Å². The zero-order valence-corrected chi connectivity index (χ0v) is 14.4. The van der Waals surface area contributed by atoms with Gasteiger partial charge in [0, 0.05) is 14.1 Å². The highest BCUT2D eigenvalue weighted by Gasteiger charge is 2.40. The summed E-state index contributed by atoms with van der Waals surface area (Å²) in [7, 11) is 1.39. The van der Waals surface area contributed by atoms with Crippen molar-refractivity contribution in [3.05, 3.63) is 0 Å². The van der Waals surface area contributed by atoms with E-state index in [1.54, 1.807) is 25.9 Å². The first kappa shape index (κ1) is 18.2. The van der Waals surface area contributed by atoms with Crippen LogP contribution in [0.25, 0.3) is 0 Å². The van der Waals surface area contributed by atoms with Gasteiger partial charge in [-0.3, -0.25) is 4.79 Å². The van der Waals surface area contributed by atoms with E-state index in [2.05, 4.69) is 4.99 Å². The van der Waals surface area contributed by atoms with Crippen LogP contribution in [0.5, 0.6) is 0 Å². The van der Waals surface area contributed by atoms with Crippen LogP contribution in [0, 0.1) is 0 Å². The molecule has 0 bridgehead atoms. The quantitative estimate of drug-likeness (QED) is 0.454. The van der Waals surface area contributed by atoms with E-state index < -0.39 is 27.0 Å². The molecule has 6 heteroatoms. The van der Waals surface area contributed by atoms with Gasteiger partial charge >= 0.3 is 0 Å². The monoisotopic (exact) mass is 290 g/mol. The SMILES string of the molecule is C/C(=N\C(=O)C(CF)O[Si](C)(C)C(C)(C)C)N(C)C. The van der Waals surface area contributed by atoms with E-state index in [1.165, 1.54) is 0 Å². The van der Waals surface area contributed by atoms with Crippen molar-refractivity contribution in [2.45, 2.75) is 51.9 Å². The second kappa shape index (κ2) is 6.61. The Morgan fingerprint density at radius 2 is 1.84 bits per heavy atom. The van der Waals surface area contributed by atoms with E-state index >= 15 is 0 Å². The van der Waals surface area contributed by atoms with Gasteiger partial charge in [-0.05, 0) is 25.1 Å². The Morgan fingerprint density at radius 3 is 2.16 bits per heavy atom. The van der Waals surface area contributed by atoms with E-state index in [1.807, 2.05) is 33.9 Å². The molecule has 19 heavy (non-hydrogen) atoms. The lowest BCUT2D eigenvalue weighted by Crippen LogP contribution is -2.46. The van der Waals surface area contributed by atoms with Crippen molar-refractivity contribution >= 4 is 20.1 Å². The van der Waals surface area contributed by atoms with Crippen LogP contribution in [0.1, 0.15) is 27.7 Å². The zero-order chi connectivity index (χ0) is 15.4. The Hall–Kier alpha value is -0.753. The predicted octanol–water partition coefficient (Wildman–Crippen LogP) is 2.85. The van der Waals surface area contributed by atoms with Gasteiger partial charge in [0.2, 0.25) is 0 Å². The van der Waals surface area contributed by atoms with Crippen LogP contribution >= 0.6 is 0 Å². The first-order chi connectivity index (χ1) is 8.42. The molecule has 0 N–H and O–H groups in total. The topological polar surface area (TPSA) is 41.9 Å². The molecule has 0 radical (unpaired) electrons. The van der Waals surface area contributed by atoms with Crippen molar-refractivity contribution in [2.75, 3.05) is 20.8 Å². The molecule has 1 unspecified atom stereocenters. The van der Waals surface area contributed by atoms with Gasteiger partial charge in [0.25, 0.3) is 5.91 Å². The molecular weight excluding hydrogens is 263 g/mol. The molecule has 0 aromatic carbocycles. The van der Waals surface area contributed by atoms with E-state index in [0.717, 1.165) is 0 Å². The second-order valence-corrected chi connectivity index (χ2v) is 11.2. The smallest absolute Gasteiger partial charge is 0.277 e. The molecule has 0 rings (SSSR count). The number of hydrogen-bond acceptors (Lipinski definition) is 2. The highest BCUT2D eigenvalue weighted by molar-refractivity contribution is 6.74. The lowest BCUT2D eigenvalue weighted by Gasteiger charge is -2.37. The molecule has 0 aromatic heterocycles. The summed E-state index contributed by atoms with van der Waals surface area (Å²) in [6, 6.07) is 0. The number of aliphatic imine (C=N–C) groups is 1. The lowest BCUT2D eigenvalue weighted by molar-refractivity contribution is -0.125. The Bertz CT molecular complexity index is 349. The Labute approximate surface area is 117 Å². The van der Waals surface area contributed by atoms with Crippen LogP contribution in [0.3, 0.4) is 0 Å². The van der Waals surface area contributed by atoms with Crippen LogP contribution in [-0.4, -0.2) is 51.8 Å². The summed E-state index contributed by atoms with van der Waals surface area (Å²) in [5.41, 5.74) is 0. The maximum absolute atomic E-state index is 13.1. The number of amidine groups is 1. The van der Waals surface area contributed by atoms with Crippen molar-refractivity contribution in [2.24, 2.45) is 4.99 Å². The van der Waals surface area contributed by atoms with Gasteiger partial charge in [-0.1, -0.05) is 20.8 Å². The molecule has 112 valence electrons. The van der Waals surface area contributed by atoms with Gasteiger partial charge in [0.1, 0.15) is 12.5 Å². The standard InChI is InChI=1S/C13H27FN2O2Si/c1-10(16(5)6)15-12(17)11(9-14)18-19(7,8)13(2,3)4/h11H,9H2,1-8H3/b15-10+. The van der Waals surface area contributed by atoms with Crippen LogP contribution in [0.4, 0.5) is 4.39 Å². The fourth-order valence-corrected chi connectivity index (χ4v) is 2.24. The first-order valence-electron chi connectivity index (χ1n) is 6.42. The number of hydrogen-bond donors (Lipinski definition) is 0. The molecule has 0 aliphatic heterocycles. The minimum atomic E-state index is -2.17. The molecule has 1 amide bonds. The van der Waals surface area contributed by atoms with Crippen molar-refractivity contribution in [3.63, 3.8) is 0 Å². The maximum Gasteiger partial charge on any atom is 0.277 e. The molecule has 0 saturated heterocycles. The summed E-state index contributed by atoms with van der Waals surface area (Å²) in [6.07, 6.45) is -1.09. The van der Waals surface area contributed by atoms with Crippen molar-refractivity contribution in [3.8, 4) is 0 Å². The summed E-state index contributed by atoms with van der Waals surface area (Å²) in [6.45, 7) is 11.0. The molecule has 1 atom stereocenters. The third kappa shape index (κ3) is 5.40. The Kier molecular flexibility index (Phi) is 6.35. The van der Waals surface area contributed by atoms with Crippen LogP contribution in [-0.2, 0) is 9.22 Å². The second-order valence-electron chi connectivity index (χ2n) is 6.41. The summed E-state index contributed by atoms with van der Waals surface area (Å²) < 4.78 is 18.9. The fourth-order valence-electron chi connectivity index (χ4n) is 1.01. The number of amides is 1. The number of rotatable bonds is 4. The summed E-state index contributed by atoms with van der Waals surface area (Å²) >= 11 is 0. The van der Waals surface area contributed by atoms with E-state index in [0.29, 0.717) is 5.84 Å². The minimum Gasteiger partial charge on any atom is -0.403 e. The maximum atomic E-state index is 13.1. The molecule has 0 spiro atoms. The molecule has 0 saturated carbocycles. The highest BCUT2D eigenvalue weighted by atomic mass is 28.4. The first-order valence-corrected chi connectivity index (χ1v) is 9.33.